The maximum absolute atomic E-state index is 12.8. The number of nitrogens with one attached hydrogen (secondary N) is 1. The van der Waals surface area contributed by atoms with E-state index in [0.717, 1.165) is 23.4 Å². The predicted molar refractivity (Wildman–Crippen MR) is 81.5 cm³/mol. The first kappa shape index (κ1) is 17.3. The highest BCUT2D eigenvalue weighted by Crippen LogP contribution is 2.36. The van der Waals surface area contributed by atoms with Crippen LogP contribution in [0.3, 0.4) is 0 Å². The first-order chi connectivity index (χ1) is 10.6. The van der Waals surface area contributed by atoms with Crippen LogP contribution in [0.25, 0.3) is 0 Å². The van der Waals surface area contributed by atoms with Crippen LogP contribution in [-0.4, -0.2) is 15.7 Å². The molecule has 0 aliphatic heterocycles. The van der Waals surface area contributed by atoms with Gasteiger partial charge in [0, 0.05) is 24.0 Å². The molecule has 0 spiro atoms. The van der Waals surface area contributed by atoms with Crippen LogP contribution in [0, 0.1) is 13.8 Å². The van der Waals surface area contributed by atoms with Crippen LogP contribution in [0.5, 0.6) is 0 Å². The Labute approximate surface area is 136 Å². The number of amides is 1. The van der Waals surface area contributed by atoms with Crippen LogP contribution in [0.1, 0.15) is 22.5 Å². The molecule has 1 N–H and O–H groups in total. The van der Waals surface area contributed by atoms with Gasteiger partial charge in [-0.25, -0.2) is 0 Å². The van der Waals surface area contributed by atoms with Crippen LogP contribution in [-0.2, 0) is 24.4 Å². The zero-order chi connectivity index (χ0) is 17.4. The molecule has 8 heteroatoms. The van der Waals surface area contributed by atoms with Crippen LogP contribution in [0.2, 0.25) is 5.02 Å². The number of benzene rings is 1. The number of alkyl halides is 3. The SMILES string of the molecule is Cc1nn(C)c(C)c1CC(=O)Nc1ccc(Cl)c(C(F)(F)F)c1. The number of hydrogen-bond acceptors (Lipinski definition) is 2. The third-order valence-electron chi connectivity index (χ3n) is 3.55. The second kappa shape index (κ2) is 6.23. The van der Waals surface area contributed by atoms with Crippen LogP contribution in [0.15, 0.2) is 18.2 Å². The van der Waals surface area contributed by atoms with Gasteiger partial charge in [0.15, 0.2) is 0 Å². The molecule has 0 unspecified atom stereocenters. The maximum atomic E-state index is 12.8. The number of rotatable bonds is 3. The molecule has 0 aliphatic rings. The summed E-state index contributed by atoms with van der Waals surface area (Å²) in [6, 6.07) is 3.27. The summed E-state index contributed by atoms with van der Waals surface area (Å²) in [5, 5.41) is 6.25. The van der Waals surface area contributed by atoms with Gasteiger partial charge in [-0.05, 0) is 32.0 Å². The van der Waals surface area contributed by atoms with E-state index >= 15 is 0 Å². The molecule has 23 heavy (non-hydrogen) atoms. The van der Waals surface area contributed by atoms with Gasteiger partial charge >= 0.3 is 6.18 Å². The van der Waals surface area contributed by atoms with Gasteiger partial charge in [0.1, 0.15) is 0 Å². The number of halogens is 4. The maximum Gasteiger partial charge on any atom is 0.417 e. The van der Waals surface area contributed by atoms with Crippen molar-refractivity contribution in [3.8, 4) is 0 Å². The van der Waals surface area contributed by atoms with E-state index in [-0.39, 0.29) is 12.1 Å². The van der Waals surface area contributed by atoms with Crippen molar-refractivity contribution in [2.45, 2.75) is 26.4 Å². The minimum Gasteiger partial charge on any atom is -0.326 e. The monoisotopic (exact) mass is 345 g/mol. The second-order valence-corrected chi connectivity index (χ2v) is 5.60. The molecule has 0 aliphatic carbocycles. The normalized spacial score (nSPS) is 11.6. The molecule has 0 atom stereocenters. The van der Waals surface area contributed by atoms with Gasteiger partial charge in [-0.1, -0.05) is 11.6 Å². The number of aromatic nitrogens is 2. The summed E-state index contributed by atoms with van der Waals surface area (Å²) in [5.41, 5.74) is 1.38. The molecule has 2 rings (SSSR count). The largest absolute Gasteiger partial charge is 0.417 e. The van der Waals surface area contributed by atoms with Gasteiger partial charge in [-0.15, -0.1) is 0 Å². The Hall–Kier alpha value is -2.02. The number of aryl methyl sites for hydroxylation is 2. The molecule has 1 heterocycles. The fourth-order valence-corrected chi connectivity index (χ4v) is 2.48. The Morgan fingerprint density at radius 2 is 2.00 bits per heavy atom. The van der Waals surface area contributed by atoms with E-state index in [4.69, 9.17) is 11.6 Å². The average molecular weight is 346 g/mol. The fraction of sp³-hybridized carbons (Fsp3) is 0.333. The van der Waals surface area contributed by atoms with Crippen molar-refractivity contribution in [2.24, 2.45) is 7.05 Å². The number of anilines is 1. The summed E-state index contributed by atoms with van der Waals surface area (Å²) in [4.78, 5) is 12.1. The minimum atomic E-state index is -4.58. The predicted octanol–water partition coefficient (Wildman–Crippen LogP) is 3.89. The van der Waals surface area contributed by atoms with Gasteiger partial charge < -0.3 is 5.32 Å². The highest BCUT2D eigenvalue weighted by molar-refractivity contribution is 6.31. The summed E-state index contributed by atoms with van der Waals surface area (Å²) in [5.74, 6) is -0.417. The summed E-state index contributed by atoms with van der Waals surface area (Å²) in [6.07, 6.45) is -4.54. The Bertz CT molecular complexity index is 753. The Morgan fingerprint density at radius 1 is 1.35 bits per heavy atom. The lowest BCUT2D eigenvalue weighted by Gasteiger charge is -2.12. The lowest BCUT2D eigenvalue weighted by molar-refractivity contribution is -0.137. The van der Waals surface area contributed by atoms with Gasteiger partial charge in [0.25, 0.3) is 0 Å². The van der Waals surface area contributed by atoms with Crippen molar-refractivity contribution in [1.82, 2.24) is 9.78 Å². The summed E-state index contributed by atoms with van der Waals surface area (Å²) >= 11 is 5.55. The van der Waals surface area contributed by atoms with Crippen LogP contribution >= 0.6 is 11.6 Å². The first-order valence-electron chi connectivity index (χ1n) is 6.75. The minimum absolute atomic E-state index is 0.0372. The Morgan fingerprint density at radius 3 is 2.52 bits per heavy atom. The van der Waals surface area contributed by atoms with Crippen molar-refractivity contribution < 1.29 is 18.0 Å². The van der Waals surface area contributed by atoms with Crippen molar-refractivity contribution >= 4 is 23.2 Å². The first-order valence-corrected chi connectivity index (χ1v) is 7.13. The molecule has 2 aromatic rings. The van der Waals surface area contributed by atoms with Gasteiger partial charge in [-0.2, -0.15) is 18.3 Å². The number of hydrogen-bond donors (Lipinski definition) is 1. The van der Waals surface area contributed by atoms with Gasteiger partial charge in [-0.3, -0.25) is 9.48 Å². The number of nitrogens with zero attached hydrogens (tertiary/aromatic N) is 2. The lowest BCUT2D eigenvalue weighted by Crippen LogP contribution is -2.16. The van der Waals surface area contributed by atoms with Crippen molar-refractivity contribution in [3.05, 3.63) is 45.7 Å². The third kappa shape index (κ3) is 3.85. The average Bonchev–Trinajstić information content (AvgIpc) is 2.66. The Kier molecular flexibility index (Phi) is 4.70. The topological polar surface area (TPSA) is 46.9 Å². The standard InChI is InChI=1S/C15H15ClF3N3O/c1-8-11(9(2)22(3)21-8)7-14(23)20-10-4-5-13(16)12(6-10)15(17,18)19/h4-6H,7H2,1-3H3,(H,20,23). The molecular formula is C15H15ClF3N3O. The molecule has 0 radical (unpaired) electrons. The molecule has 124 valence electrons. The summed E-state index contributed by atoms with van der Waals surface area (Å²) in [6.45, 7) is 3.60. The van der Waals surface area contributed by atoms with E-state index in [1.54, 1.807) is 18.7 Å². The van der Waals surface area contributed by atoms with E-state index < -0.39 is 22.7 Å². The quantitative estimate of drug-likeness (QED) is 0.917. The van der Waals surface area contributed by atoms with Gasteiger partial charge in [0.2, 0.25) is 5.91 Å². The summed E-state index contributed by atoms with van der Waals surface area (Å²) < 4.78 is 40.1. The molecule has 4 nitrogen and oxygen atoms in total. The van der Waals surface area contributed by atoms with E-state index in [0.29, 0.717) is 5.69 Å². The molecule has 1 amide bonds. The number of carbonyl (C=O) groups is 1. The van der Waals surface area contributed by atoms with E-state index in [9.17, 15) is 18.0 Å². The third-order valence-corrected chi connectivity index (χ3v) is 3.88. The molecule has 1 aromatic heterocycles. The zero-order valence-corrected chi connectivity index (χ0v) is 13.5. The lowest BCUT2D eigenvalue weighted by atomic mass is 10.1. The van der Waals surface area contributed by atoms with E-state index in [1.165, 1.54) is 6.07 Å². The molecule has 0 saturated heterocycles. The highest BCUT2D eigenvalue weighted by atomic mass is 35.5. The van der Waals surface area contributed by atoms with E-state index in [2.05, 4.69) is 10.4 Å². The highest BCUT2D eigenvalue weighted by Gasteiger charge is 2.33. The Balaban J connectivity index is 2.18. The van der Waals surface area contributed by atoms with Crippen LogP contribution < -0.4 is 5.32 Å². The fourth-order valence-electron chi connectivity index (χ4n) is 2.26. The van der Waals surface area contributed by atoms with E-state index in [1.807, 2.05) is 6.92 Å². The molecule has 0 saturated carbocycles. The van der Waals surface area contributed by atoms with Crippen LogP contribution in [0.4, 0.5) is 18.9 Å². The van der Waals surface area contributed by atoms with Crippen molar-refractivity contribution in [2.75, 3.05) is 5.32 Å². The molecule has 1 aromatic carbocycles. The van der Waals surface area contributed by atoms with Crippen molar-refractivity contribution in [1.29, 1.82) is 0 Å². The second-order valence-electron chi connectivity index (χ2n) is 5.19. The smallest absolute Gasteiger partial charge is 0.326 e. The molecule has 0 bridgehead atoms. The zero-order valence-electron chi connectivity index (χ0n) is 12.8. The molecule has 0 fully saturated rings. The molecular weight excluding hydrogens is 331 g/mol. The van der Waals surface area contributed by atoms with Crippen molar-refractivity contribution in [3.63, 3.8) is 0 Å². The summed E-state index contributed by atoms with van der Waals surface area (Å²) in [7, 11) is 1.76. The number of carbonyl (C=O) groups excluding carboxylic acids is 1. The van der Waals surface area contributed by atoms with Gasteiger partial charge in [0.05, 0.1) is 22.7 Å².